The number of hydrogen-bond acceptors (Lipinski definition) is 6. The van der Waals surface area contributed by atoms with Gasteiger partial charge >= 0.3 is 6.36 Å². The number of benzene rings is 1. The SMILES string of the molecule is O=C(c1cnc(NCc2cc(CC3CC3)cc(OC(F)(F)F)c2)nc1)N1CCCCOC1.[HH]. The van der Waals surface area contributed by atoms with Crippen LogP contribution in [-0.2, 0) is 17.7 Å². The van der Waals surface area contributed by atoms with Crippen molar-refractivity contribution in [3.8, 4) is 5.75 Å². The standard InChI is InChI=1S/C22H25F3N4O3.H2/c23-22(24,25)32-19-9-16(7-15-3-4-15)8-17(10-19)11-26-21-27-12-18(13-28-21)20(30)29-5-1-2-6-31-14-29;/h8-10,12-13,15H,1-7,11,14H2,(H,26,27,28);1H. The van der Waals surface area contributed by atoms with E-state index in [-0.39, 0.29) is 32.3 Å². The Balaban J connectivity index is 0.00000306. The van der Waals surface area contributed by atoms with Gasteiger partial charge in [0.25, 0.3) is 5.91 Å². The van der Waals surface area contributed by atoms with Gasteiger partial charge in [-0.2, -0.15) is 0 Å². The first-order chi connectivity index (χ1) is 15.4. The Labute approximate surface area is 185 Å². The van der Waals surface area contributed by atoms with E-state index in [1.807, 2.05) is 6.07 Å². The summed E-state index contributed by atoms with van der Waals surface area (Å²) < 4.78 is 47.6. The number of nitrogens with one attached hydrogen (secondary N) is 1. The van der Waals surface area contributed by atoms with Gasteiger partial charge in [-0.05, 0) is 61.3 Å². The van der Waals surface area contributed by atoms with E-state index in [9.17, 15) is 18.0 Å². The molecular formula is C22H27F3N4O3. The maximum absolute atomic E-state index is 12.7. The van der Waals surface area contributed by atoms with Gasteiger partial charge in [0, 0.05) is 33.5 Å². The number of carbonyl (C=O) groups excluding carboxylic acids is 1. The Morgan fingerprint density at radius 2 is 1.94 bits per heavy atom. The fourth-order valence-electron chi connectivity index (χ4n) is 3.60. The number of hydrogen-bond donors (Lipinski definition) is 1. The van der Waals surface area contributed by atoms with Crippen LogP contribution in [-0.4, -0.2) is 47.0 Å². The lowest BCUT2D eigenvalue weighted by Crippen LogP contribution is -2.32. The maximum atomic E-state index is 12.7. The predicted molar refractivity (Wildman–Crippen MR) is 112 cm³/mol. The monoisotopic (exact) mass is 452 g/mol. The van der Waals surface area contributed by atoms with E-state index in [4.69, 9.17) is 4.74 Å². The minimum atomic E-state index is -4.74. The van der Waals surface area contributed by atoms with Crippen LogP contribution >= 0.6 is 0 Å². The third-order valence-electron chi connectivity index (χ3n) is 5.33. The summed E-state index contributed by atoms with van der Waals surface area (Å²) >= 11 is 0. The van der Waals surface area contributed by atoms with Crippen LogP contribution in [0.1, 0.15) is 48.6 Å². The molecule has 10 heteroatoms. The normalized spacial score (nSPS) is 17.0. The first kappa shape index (κ1) is 22.3. The minimum absolute atomic E-state index is 0. The van der Waals surface area contributed by atoms with Gasteiger partial charge in [0.1, 0.15) is 12.5 Å². The molecule has 1 aromatic carbocycles. The number of anilines is 1. The van der Waals surface area contributed by atoms with Crippen molar-refractivity contribution in [1.29, 1.82) is 0 Å². The highest BCUT2D eigenvalue weighted by Gasteiger charge is 2.31. The zero-order valence-corrected chi connectivity index (χ0v) is 17.5. The van der Waals surface area contributed by atoms with Crippen molar-refractivity contribution >= 4 is 11.9 Å². The molecule has 0 spiro atoms. The number of ether oxygens (including phenoxy) is 2. The molecular weight excluding hydrogens is 425 g/mol. The van der Waals surface area contributed by atoms with Crippen molar-refractivity contribution in [2.75, 3.05) is 25.2 Å². The smallest absolute Gasteiger partial charge is 0.406 e. The molecule has 7 nitrogen and oxygen atoms in total. The molecule has 1 aliphatic carbocycles. The van der Waals surface area contributed by atoms with E-state index in [1.165, 1.54) is 24.5 Å². The molecule has 1 saturated heterocycles. The average Bonchev–Trinajstić information content (AvgIpc) is 3.58. The van der Waals surface area contributed by atoms with Gasteiger partial charge < -0.3 is 19.7 Å². The van der Waals surface area contributed by atoms with Crippen LogP contribution in [0.3, 0.4) is 0 Å². The van der Waals surface area contributed by atoms with E-state index in [1.54, 1.807) is 4.90 Å². The molecule has 174 valence electrons. The quantitative estimate of drug-likeness (QED) is 0.671. The van der Waals surface area contributed by atoms with Crippen molar-refractivity contribution in [2.24, 2.45) is 5.92 Å². The van der Waals surface area contributed by atoms with Gasteiger partial charge in [0.05, 0.1) is 5.56 Å². The molecule has 1 aliphatic heterocycles. The molecule has 0 atom stereocenters. The largest absolute Gasteiger partial charge is 0.573 e. The van der Waals surface area contributed by atoms with Gasteiger partial charge in [-0.25, -0.2) is 9.97 Å². The van der Waals surface area contributed by atoms with E-state index in [0.29, 0.717) is 30.2 Å². The number of halogens is 3. The van der Waals surface area contributed by atoms with Crippen LogP contribution < -0.4 is 10.1 Å². The zero-order chi connectivity index (χ0) is 22.6. The molecule has 1 aromatic heterocycles. The lowest BCUT2D eigenvalue weighted by atomic mass is 10.0. The number of rotatable bonds is 7. The second-order valence-electron chi connectivity index (χ2n) is 8.14. The highest BCUT2D eigenvalue weighted by atomic mass is 19.4. The number of nitrogens with zero attached hydrogens (tertiary/aromatic N) is 3. The highest BCUT2D eigenvalue weighted by molar-refractivity contribution is 5.93. The van der Waals surface area contributed by atoms with Gasteiger partial charge in [0.2, 0.25) is 5.95 Å². The molecule has 32 heavy (non-hydrogen) atoms. The van der Waals surface area contributed by atoms with Crippen molar-refractivity contribution in [2.45, 2.75) is 45.0 Å². The minimum Gasteiger partial charge on any atom is -0.406 e. The van der Waals surface area contributed by atoms with Crippen LogP contribution in [0.15, 0.2) is 30.6 Å². The summed E-state index contributed by atoms with van der Waals surface area (Å²) in [5.74, 6) is 0.383. The van der Waals surface area contributed by atoms with Crippen LogP contribution in [0.5, 0.6) is 5.75 Å². The average molecular weight is 452 g/mol. The van der Waals surface area contributed by atoms with Crippen molar-refractivity contribution in [3.05, 3.63) is 47.3 Å². The van der Waals surface area contributed by atoms with E-state index in [2.05, 4.69) is 20.0 Å². The molecule has 2 aromatic rings. The van der Waals surface area contributed by atoms with Gasteiger partial charge in [0.15, 0.2) is 0 Å². The third-order valence-corrected chi connectivity index (χ3v) is 5.33. The molecule has 4 rings (SSSR count). The number of amides is 1. The van der Waals surface area contributed by atoms with Crippen LogP contribution in [0, 0.1) is 5.92 Å². The number of carbonyl (C=O) groups is 1. The summed E-state index contributed by atoms with van der Waals surface area (Å²) in [6.45, 7) is 1.73. The topological polar surface area (TPSA) is 76.6 Å². The summed E-state index contributed by atoms with van der Waals surface area (Å²) in [5.41, 5.74) is 1.80. The molecule has 2 heterocycles. The summed E-state index contributed by atoms with van der Waals surface area (Å²) in [5, 5.41) is 2.99. The number of aromatic nitrogens is 2. The molecule has 0 unspecified atom stereocenters. The molecule has 0 bridgehead atoms. The van der Waals surface area contributed by atoms with Crippen molar-refractivity contribution in [3.63, 3.8) is 0 Å². The second kappa shape index (κ2) is 9.72. The molecule has 2 aliphatic rings. The molecule has 1 amide bonds. The maximum Gasteiger partial charge on any atom is 0.573 e. The summed E-state index contributed by atoms with van der Waals surface area (Å²) in [4.78, 5) is 22.5. The summed E-state index contributed by atoms with van der Waals surface area (Å²) in [7, 11) is 0. The lowest BCUT2D eigenvalue weighted by Gasteiger charge is -2.19. The summed E-state index contributed by atoms with van der Waals surface area (Å²) in [6.07, 6.45) is 2.85. The Morgan fingerprint density at radius 1 is 1.19 bits per heavy atom. The first-order valence-corrected chi connectivity index (χ1v) is 10.7. The van der Waals surface area contributed by atoms with Gasteiger partial charge in [-0.1, -0.05) is 6.07 Å². The molecule has 1 saturated carbocycles. The highest BCUT2D eigenvalue weighted by Crippen LogP contribution is 2.34. The third kappa shape index (κ3) is 6.56. The van der Waals surface area contributed by atoms with Crippen LogP contribution in [0.25, 0.3) is 0 Å². The number of alkyl halides is 3. The van der Waals surface area contributed by atoms with Gasteiger partial charge in [-0.3, -0.25) is 4.79 Å². The zero-order valence-electron chi connectivity index (χ0n) is 17.5. The first-order valence-electron chi connectivity index (χ1n) is 10.7. The predicted octanol–water partition coefficient (Wildman–Crippen LogP) is 4.40. The van der Waals surface area contributed by atoms with Crippen molar-refractivity contribution < 1.29 is 28.9 Å². The van der Waals surface area contributed by atoms with Crippen LogP contribution in [0.4, 0.5) is 19.1 Å². The fraction of sp³-hybridized carbons (Fsp3) is 0.500. The van der Waals surface area contributed by atoms with E-state index in [0.717, 1.165) is 37.7 Å². The van der Waals surface area contributed by atoms with Crippen molar-refractivity contribution in [1.82, 2.24) is 14.9 Å². The molecule has 1 N–H and O–H groups in total. The molecule has 2 fully saturated rings. The molecule has 0 radical (unpaired) electrons. The van der Waals surface area contributed by atoms with Crippen LogP contribution in [0.2, 0.25) is 0 Å². The lowest BCUT2D eigenvalue weighted by molar-refractivity contribution is -0.274. The Kier molecular flexibility index (Phi) is 6.78. The van der Waals surface area contributed by atoms with Gasteiger partial charge in [-0.15, -0.1) is 13.2 Å². The Hall–Kier alpha value is -2.88. The fourth-order valence-corrected chi connectivity index (χ4v) is 3.60. The Bertz CT molecular complexity index is 931. The summed E-state index contributed by atoms with van der Waals surface area (Å²) in [6, 6.07) is 4.67. The van der Waals surface area contributed by atoms with E-state index >= 15 is 0 Å². The Morgan fingerprint density at radius 3 is 2.66 bits per heavy atom. The second-order valence-corrected chi connectivity index (χ2v) is 8.14. The van der Waals surface area contributed by atoms with E-state index < -0.39 is 6.36 Å².